The zero-order valence-electron chi connectivity index (χ0n) is 11.1. The van der Waals surface area contributed by atoms with E-state index in [2.05, 4.69) is 31.6 Å². The molecule has 1 heterocycles. The number of amides is 1. The molecule has 1 aromatic heterocycles. The predicted octanol–water partition coefficient (Wildman–Crippen LogP) is 4.40. The normalized spacial score (nSPS) is 10.5. The highest BCUT2D eigenvalue weighted by Crippen LogP contribution is 2.26. The summed E-state index contributed by atoms with van der Waals surface area (Å²) in [5, 5.41) is 10.9. The molecule has 2 aromatic carbocycles. The minimum Gasteiger partial charge on any atom is -0.302 e. The van der Waals surface area contributed by atoms with Crippen LogP contribution in [0, 0.1) is 0 Å². The van der Waals surface area contributed by atoms with Crippen LogP contribution in [-0.4, -0.2) is 16.2 Å². The minimum atomic E-state index is -0.307. The van der Waals surface area contributed by atoms with Gasteiger partial charge in [0.1, 0.15) is 0 Å². The number of carbonyl (C=O) groups excluding carboxylic acids is 1. The highest BCUT2D eigenvalue weighted by molar-refractivity contribution is 9.10. The van der Waals surface area contributed by atoms with Crippen LogP contribution in [0.3, 0.4) is 0 Å². The van der Waals surface area contributed by atoms with E-state index < -0.39 is 0 Å². The van der Waals surface area contributed by atoms with Gasteiger partial charge in [0.2, 0.25) is 5.82 Å². The first-order valence-corrected chi connectivity index (χ1v) is 7.46. The van der Waals surface area contributed by atoms with E-state index >= 15 is 0 Å². The van der Waals surface area contributed by atoms with Gasteiger partial charge in [0.15, 0.2) is 5.69 Å². The Morgan fingerprint density at radius 3 is 2.55 bits per heavy atom. The molecule has 0 spiro atoms. The lowest BCUT2D eigenvalue weighted by Crippen LogP contribution is -2.13. The quantitative estimate of drug-likeness (QED) is 0.733. The lowest BCUT2D eigenvalue weighted by Gasteiger charge is -2.05. The fourth-order valence-corrected chi connectivity index (χ4v) is 2.48. The van der Waals surface area contributed by atoms with Crippen LogP contribution in [0.25, 0.3) is 11.3 Å². The molecule has 0 saturated carbocycles. The Morgan fingerprint density at radius 1 is 1.09 bits per heavy atom. The molecule has 7 heteroatoms. The lowest BCUT2D eigenvalue weighted by atomic mass is 10.1. The van der Waals surface area contributed by atoms with Crippen LogP contribution < -0.4 is 5.32 Å². The molecule has 0 radical (unpaired) electrons. The highest BCUT2D eigenvalue weighted by Gasteiger charge is 2.17. The predicted molar refractivity (Wildman–Crippen MR) is 86.8 cm³/mol. The van der Waals surface area contributed by atoms with E-state index in [-0.39, 0.29) is 11.7 Å². The number of carbonyl (C=O) groups is 1. The fraction of sp³-hybridized carbons (Fsp3) is 0. The van der Waals surface area contributed by atoms with Crippen molar-refractivity contribution in [2.75, 3.05) is 5.32 Å². The van der Waals surface area contributed by atoms with Crippen molar-refractivity contribution in [2.24, 2.45) is 0 Å². The maximum atomic E-state index is 12.3. The van der Waals surface area contributed by atoms with E-state index in [1.54, 1.807) is 42.5 Å². The van der Waals surface area contributed by atoms with E-state index in [0.717, 1.165) is 5.56 Å². The Labute approximate surface area is 139 Å². The largest absolute Gasteiger partial charge is 0.302 e. The summed E-state index contributed by atoms with van der Waals surface area (Å²) < 4.78 is 5.43. The average Bonchev–Trinajstić information content (AvgIpc) is 2.96. The SMILES string of the molecule is O=C(Nc1nonc1-c1ccc(Cl)cc1)c1ccccc1Br. The van der Waals surface area contributed by atoms with Crippen LogP contribution in [0.2, 0.25) is 5.02 Å². The molecule has 0 fully saturated rings. The standard InChI is InChI=1S/C15H9BrClN3O2/c16-12-4-2-1-3-11(12)15(21)18-14-13(19-22-20-14)9-5-7-10(17)8-6-9/h1-8H,(H,18,20,21). The summed E-state index contributed by atoms with van der Waals surface area (Å²) in [4.78, 5) is 12.3. The molecule has 0 aliphatic carbocycles. The van der Waals surface area contributed by atoms with Gasteiger partial charge < -0.3 is 5.32 Å². The van der Waals surface area contributed by atoms with Crippen molar-refractivity contribution in [2.45, 2.75) is 0 Å². The first-order valence-electron chi connectivity index (χ1n) is 6.29. The number of hydrogen-bond donors (Lipinski definition) is 1. The van der Waals surface area contributed by atoms with Gasteiger partial charge in [-0.05, 0) is 50.5 Å². The molecule has 22 heavy (non-hydrogen) atoms. The summed E-state index contributed by atoms with van der Waals surface area (Å²) in [7, 11) is 0. The van der Waals surface area contributed by atoms with Gasteiger partial charge in [-0.3, -0.25) is 4.79 Å². The molecular weight excluding hydrogens is 370 g/mol. The topological polar surface area (TPSA) is 68.0 Å². The van der Waals surface area contributed by atoms with Gasteiger partial charge in [-0.2, -0.15) is 0 Å². The van der Waals surface area contributed by atoms with E-state index in [9.17, 15) is 4.79 Å². The Morgan fingerprint density at radius 2 is 1.82 bits per heavy atom. The van der Waals surface area contributed by atoms with Gasteiger partial charge in [-0.15, -0.1) is 0 Å². The van der Waals surface area contributed by atoms with Gasteiger partial charge in [0.25, 0.3) is 5.91 Å². The Bertz CT molecular complexity index is 818. The van der Waals surface area contributed by atoms with Gasteiger partial charge in [-0.25, -0.2) is 4.63 Å². The van der Waals surface area contributed by atoms with Crippen LogP contribution in [-0.2, 0) is 0 Å². The van der Waals surface area contributed by atoms with E-state index in [1.165, 1.54) is 0 Å². The molecule has 0 bridgehead atoms. The molecule has 0 aliphatic heterocycles. The summed E-state index contributed by atoms with van der Waals surface area (Å²) in [6.07, 6.45) is 0. The first-order chi connectivity index (χ1) is 10.6. The first kappa shape index (κ1) is 14.7. The number of benzene rings is 2. The summed E-state index contributed by atoms with van der Waals surface area (Å²) >= 11 is 9.20. The summed E-state index contributed by atoms with van der Waals surface area (Å²) in [6.45, 7) is 0. The zero-order chi connectivity index (χ0) is 15.5. The Balaban J connectivity index is 1.88. The summed E-state index contributed by atoms with van der Waals surface area (Å²) in [6, 6.07) is 14.1. The molecule has 0 unspecified atom stereocenters. The van der Waals surface area contributed by atoms with Crippen molar-refractivity contribution in [1.82, 2.24) is 10.3 Å². The van der Waals surface area contributed by atoms with E-state index in [0.29, 0.717) is 20.8 Å². The molecule has 0 saturated heterocycles. The molecule has 0 aliphatic rings. The molecule has 0 atom stereocenters. The Kier molecular flexibility index (Phi) is 4.22. The van der Waals surface area contributed by atoms with Crippen molar-refractivity contribution in [1.29, 1.82) is 0 Å². The van der Waals surface area contributed by atoms with Gasteiger partial charge in [-0.1, -0.05) is 35.9 Å². The number of hydrogen-bond acceptors (Lipinski definition) is 4. The van der Waals surface area contributed by atoms with Crippen molar-refractivity contribution in [3.8, 4) is 11.3 Å². The van der Waals surface area contributed by atoms with E-state index in [4.69, 9.17) is 16.2 Å². The van der Waals surface area contributed by atoms with Crippen LogP contribution in [0.5, 0.6) is 0 Å². The number of aromatic nitrogens is 2. The zero-order valence-corrected chi connectivity index (χ0v) is 13.4. The molecule has 3 aromatic rings. The number of anilines is 1. The maximum Gasteiger partial charge on any atom is 0.258 e. The Hall–Kier alpha value is -2.18. The molecule has 1 amide bonds. The van der Waals surface area contributed by atoms with Crippen molar-refractivity contribution >= 4 is 39.3 Å². The number of rotatable bonds is 3. The lowest BCUT2D eigenvalue weighted by molar-refractivity contribution is 0.102. The minimum absolute atomic E-state index is 0.253. The van der Waals surface area contributed by atoms with Crippen LogP contribution in [0.15, 0.2) is 57.6 Å². The second-order valence-corrected chi connectivity index (χ2v) is 5.69. The number of nitrogens with one attached hydrogen (secondary N) is 1. The summed E-state index contributed by atoms with van der Waals surface area (Å²) in [5.41, 5.74) is 1.68. The molecule has 110 valence electrons. The van der Waals surface area contributed by atoms with Crippen LogP contribution in [0.1, 0.15) is 10.4 Å². The second kappa shape index (κ2) is 6.29. The van der Waals surface area contributed by atoms with Gasteiger partial charge >= 0.3 is 0 Å². The molecule has 1 N–H and O–H groups in total. The smallest absolute Gasteiger partial charge is 0.258 e. The monoisotopic (exact) mass is 377 g/mol. The summed E-state index contributed by atoms with van der Waals surface area (Å²) in [5.74, 6) is -0.0542. The second-order valence-electron chi connectivity index (χ2n) is 4.40. The molecular formula is C15H9BrClN3O2. The third-order valence-electron chi connectivity index (χ3n) is 2.96. The maximum absolute atomic E-state index is 12.3. The third-order valence-corrected chi connectivity index (χ3v) is 3.90. The third kappa shape index (κ3) is 3.03. The highest BCUT2D eigenvalue weighted by atomic mass is 79.9. The van der Waals surface area contributed by atoms with Crippen molar-refractivity contribution in [3.05, 3.63) is 63.6 Å². The van der Waals surface area contributed by atoms with Crippen molar-refractivity contribution in [3.63, 3.8) is 0 Å². The fourth-order valence-electron chi connectivity index (χ4n) is 1.89. The van der Waals surface area contributed by atoms with Gasteiger partial charge in [0, 0.05) is 15.1 Å². The van der Waals surface area contributed by atoms with Gasteiger partial charge in [0.05, 0.1) is 5.56 Å². The molecule has 3 rings (SSSR count). The average molecular weight is 379 g/mol. The number of nitrogens with zero attached hydrogens (tertiary/aromatic N) is 2. The van der Waals surface area contributed by atoms with Crippen LogP contribution >= 0.6 is 27.5 Å². The van der Waals surface area contributed by atoms with Crippen LogP contribution in [0.4, 0.5) is 5.82 Å². The van der Waals surface area contributed by atoms with Crippen molar-refractivity contribution < 1.29 is 9.42 Å². The number of halogens is 2. The van der Waals surface area contributed by atoms with E-state index in [1.807, 2.05) is 6.07 Å². The molecule has 5 nitrogen and oxygen atoms in total.